The highest BCUT2D eigenvalue weighted by Crippen LogP contribution is 2.34. The summed E-state index contributed by atoms with van der Waals surface area (Å²) in [4.78, 5) is 7.46. The summed E-state index contributed by atoms with van der Waals surface area (Å²) in [6.07, 6.45) is 9.32. The van der Waals surface area contributed by atoms with Crippen molar-refractivity contribution in [1.82, 2.24) is 9.97 Å². The summed E-state index contributed by atoms with van der Waals surface area (Å²) in [5.74, 6) is 1.29. The molecule has 0 fully saturated rings. The monoisotopic (exact) mass is 388 g/mol. The molecule has 0 saturated heterocycles. The molecule has 2 heterocycles. The Labute approximate surface area is 168 Å². The van der Waals surface area contributed by atoms with E-state index in [1.165, 1.54) is 0 Å². The molecule has 4 rings (SSSR count). The van der Waals surface area contributed by atoms with E-state index in [0.717, 1.165) is 33.4 Å². The summed E-state index contributed by atoms with van der Waals surface area (Å²) in [5, 5.41) is 5.31. The van der Waals surface area contributed by atoms with Gasteiger partial charge in [0.15, 0.2) is 11.5 Å². The second-order valence-corrected chi connectivity index (χ2v) is 6.52. The Hall–Kier alpha value is -3.87. The predicted molar refractivity (Wildman–Crippen MR) is 113 cm³/mol. The Balaban J connectivity index is 1.58. The molecule has 0 bridgehead atoms. The number of fused-ring (bicyclic) bond motifs is 1. The van der Waals surface area contributed by atoms with Gasteiger partial charge in [-0.1, -0.05) is 0 Å². The number of aromatic amines is 1. The highest BCUT2D eigenvalue weighted by atomic mass is 16.5. The number of imidazole rings is 1. The minimum Gasteiger partial charge on any atom is -0.493 e. The Morgan fingerprint density at radius 2 is 1.93 bits per heavy atom. The number of hydrogen-bond donors (Lipinski definition) is 2. The third kappa shape index (κ3) is 3.75. The molecule has 7 nitrogen and oxygen atoms in total. The molecule has 0 aliphatic heterocycles. The highest BCUT2D eigenvalue weighted by molar-refractivity contribution is 5.94. The fourth-order valence-corrected chi connectivity index (χ4v) is 3.23. The molecule has 0 radical (unpaired) electrons. The van der Waals surface area contributed by atoms with Crippen molar-refractivity contribution in [2.75, 3.05) is 19.6 Å². The van der Waals surface area contributed by atoms with Gasteiger partial charge in [0, 0.05) is 17.6 Å². The lowest BCUT2D eigenvalue weighted by Crippen LogP contribution is -2.28. The number of H-pyrrole nitrogens is 1. The van der Waals surface area contributed by atoms with Crippen molar-refractivity contribution in [1.29, 1.82) is 0 Å². The van der Waals surface area contributed by atoms with Crippen LogP contribution >= 0.6 is 0 Å². The fraction of sp³-hybridized carbons (Fsp3) is 0.136. The maximum atomic E-state index is 5.40. The molecule has 0 aliphatic carbocycles. The first kappa shape index (κ1) is 18.5. The number of rotatable bonds is 6. The van der Waals surface area contributed by atoms with E-state index in [1.807, 2.05) is 47.6 Å². The van der Waals surface area contributed by atoms with E-state index in [1.54, 1.807) is 26.6 Å². The van der Waals surface area contributed by atoms with Crippen LogP contribution in [-0.2, 0) is 0 Å². The molecule has 2 aromatic heterocycles. The van der Waals surface area contributed by atoms with E-state index in [4.69, 9.17) is 9.47 Å². The highest BCUT2D eigenvalue weighted by Gasteiger charge is 2.10. The normalized spacial score (nSPS) is 11.1. The Morgan fingerprint density at radius 1 is 1.10 bits per heavy atom. The van der Waals surface area contributed by atoms with Gasteiger partial charge in [-0.3, -0.25) is 10.4 Å². The summed E-state index contributed by atoms with van der Waals surface area (Å²) >= 11 is 0. The molecule has 0 aliphatic rings. The van der Waals surface area contributed by atoms with E-state index >= 15 is 0 Å². The molecule has 7 heteroatoms. The van der Waals surface area contributed by atoms with E-state index in [9.17, 15) is 0 Å². The molecule has 0 saturated carbocycles. The minimum absolute atomic E-state index is 0.643. The number of ether oxygens (including phenoxy) is 2. The number of methoxy groups -OCH3 is 2. The lowest BCUT2D eigenvalue weighted by Gasteiger charge is -2.11. The molecular weight excluding hydrogens is 366 g/mol. The van der Waals surface area contributed by atoms with E-state index in [2.05, 4.69) is 39.6 Å². The third-order valence-corrected chi connectivity index (χ3v) is 4.69. The van der Waals surface area contributed by atoms with Gasteiger partial charge in [-0.15, -0.1) is 0 Å². The zero-order valence-electron chi connectivity index (χ0n) is 16.5. The maximum absolute atomic E-state index is 5.40. The number of aromatic nitrogens is 3. The van der Waals surface area contributed by atoms with Crippen LogP contribution in [0.2, 0.25) is 0 Å². The average molecular weight is 388 g/mol. The second-order valence-electron chi connectivity index (χ2n) is 6.52. The van der Waals surface area contributed by atoms with Crippen LogP contribution in [0.1, 0.15) is 11.1 Å². The number of nitrogens with one attached hydrogen (secondary N) is 2. The number of pyridine rings is 1. The zero-order chi connectivity index (χ0) is 20.2. The molecule has 0 amide bonds. The molecular formula is C22H22N5O2+. The van der Waals surface area contributed by atoms with Gasteiger partial charge in [-0.2, -0.15) is 5.10 Å². The number of aryl methyl sites for hydroxylation is 1. The van der Waals surface area contributed by atoms with Crippen LogP contribution in [0.4, 0.5) is 5.69 Å². The summed E-state index contributed by atoms with van der Waals surface area (Å²) in [5.41, 5.74) is 8.03. The molecule has 2 aromatic carbocycles. The lowest BCUT2D eigenvalue weighted by molar-refractivity contribution is -0.594. The number of nitrogens with zero attached hydrogens (tertiary/aromatic N) is 3. The van der Waals surface area contributed by atoms with Gasteiger partial charge in [0.1, 0.15) is 18.1 Å². The van der Waals surface area contributed by atoms with Crippen LogP contribution in [0.5, 0.6) is 11.5 Å². The van der Waals surface area contributed by atoms with E-state index in [-0.39, 0.29) is 0 Å². The first-order chi connectivity index (χ1) is 14.2. The standard InChI is InChI=1S/C22H21N5O2/c1-15-10-16(4-5-20(15)27-9-8-23-14-27)13-25-26-18-6-7-24-19-12-22(29-3)21(28-2)11-17(18)19/h4-14H,1-3H3,(H,24,26)/p+1/b25-13+. The number of benzene rings is 2. The number of anilines is 1. The average Bonchev–Trinajstić information content (AvgIpc) is 3.27. The molecule has 29 heavy (non-hydrogen) atoms. The molecule has 0 atom stereocenters. The van der Waals surface area contributed by atoms with Crippen LogP contribution in [0.25, 0.3) is 16.6 Å². The Kier molecular flexibility index (Phi) is 5.11. The van der Waals surface area contributed by atoms with Crippen LogP contribution in [0.3, 0.4) is 0 Å². The van der Waals surface area contributed by atoms with Crippen molar-refractivity contribution in [3.63, 3.8) is 0 Å². The molecule has 4 aromatic rings. The Bertz CT molecular complexity index is 1170. The molecule has 146 valence electrons. The van der Waals surface area contributed by atoms with Crippen molar-refractivity contribution in [3.8, 4) is 17.2 Å². The van der Waals surface area contributed by atoms with Gasteiger partial charge >= 0.3 is 0 Å². The predicted octanol–water partition coefficient (Wildman–Crippen LogP) is 3.61. The van der Waals surface area contributed by atoms with Gasteiger partial charge < -0.3 is 9.47 Å². The minimum atomic E-state index is 0.643. The van der Waals surface area contributed by atoms with Gasteiger partial charge in [0.2, 0.25) is 6.33 Å². The van der Waals surface area contributed by atoms with E-state index < -0.39 is 0 Å². The first-order valence-electron chi connectivity index (χ1n) is 9.14. The molecule has 0 spiro atoms. The van der Waals surface area contributed by atoms with Gasteiger partial charge in [0.25, 0.3) is 0 Å². The van der Waals surface area contributed by atoms with Gasteiger partial charge in [-0.05, 0) is 48.4 Å². The van der Waals surface area contributed by atoms with Crippen molar-refractivity contribution < 1.29 is 14.0 Å². The van der Waals surface area contributed by atoms with Crippen molar-refractivity contribution in [2.24, 2.45) is 5.10 Å². The van der Waals surface area contributed by atoms with Crippen LogP contribution in [0, 0.1) is 6.92 Å². The summed E-state index contributed by atoms with van der Waals surface area (Å²) in [6, 6.07) is 11.8. The van der Waals surface area contributed by atoms with E-state index in [0.29, 0.717) is 11.5 Å². The summed E-state index contributed by atoms with van der Waals surface area (Å²) in [7, 11) is 3.22. The number of hydrazone groups is 1. The lowest BCUT2D eigenvalue weighted by atomic mass is 10.1. The van der Waals surface area contributed by atoms with Crippen molar-refractivity contribution in [3.05, 3.63) is 72.4 Å². The SMILES string of the molecule is COc1cc2nccc(N/N=C/c3ccc(-[n+]4cc[nH]c4)c(C)c3)c2cc1OC. The largest absolute Gasteiger partial charge is 0.493 e. The zero-order valence-corrected chi connectivity index (χ0v) is 16.5. The van der Waals surface area contributed by atoms with Crippen molar-refractivity contribution >= 4 is 22.8 Å². The van der Waals surface area contributed by atoms with Gasteiger partial charge in [0.05, 0.1) is 31.6 Å². The van der Waals surface area contributed by atoms with Gasteiger partial charge in [-0.25, -0.2) is 9.55 Å². The van der Waals surface area contributed by atoms with Crippen LogP contribution < -0.4 is 19.5 Å². The van der Waals surface area contributed by atoms with Crippen LogP contribution in [0.15, 0.2) is 66.4 Å². The van der Waals surface area contributed by atoms with Crippen LogP contribution in [-0.4, -0.2) is 30.4 Å². The fourth-order valence-electron chi connectivity index (χ4n) is 3.23. The number of hydrogen-bond acceptors (Lipinski definition) is 5. The quantitative estimate of drug-likeness (QED) is 0.301. The molecule has 0 unspecified atom stereocenters. The topological polar surface area (TPSA) is 75.4 Å². The smallest absolute Gasteiger partial charge is 0.246 e. The van der Waals surface area contributed by atoms with Crippen molar-refractivity contribution in [2.45, 2.75) is 6.92 Å². The maximum Gasteiger partial charge on any atom is 0.246 e. The first-order valence-corrected chi connectivity index (χ1v) is 9.14. The summed E-state index contributed by atoms with van der Waals surface area (Å²) in [6.45, 7) is 2.08. The third-order valence-electron chi connectivity index (χ3n) is 4.69. The Morgan fingerprint density at radius 3 is 2.66 bits per heavy atom. The second kappa shape index (κ2) is 8.02. The summed E-state index contributed by atoms with van der Waals surface area (Å²) < 4.78 is 12.8. The molecule has 2 N–H and O–H groups in total.